The summed E-state index contributed by atoms with van der Waals surface area (Å²) in [6, 6.07) is 15.4. The molecule has 0 fully saturated rings. The number of nitriles is 1. The average Bonchev–Trinajstić information content (AvgIpc) is 2.65. The SMILES string of the molecule is CCOc1cc2c(cc1OCC)=NC(Nc1ccccc1)C(Cl)(C#N)C=2. The molecule has 134 valence electrons. The van der Waals surface area contributed by atoms with E-state index in [2.05, 4.69) is 16.4 Å². The number of benzene rings is 2. The van der Waals surface area contributed by atoms with E-state index in [-0.39, 0.29) is 0 Å². The van der Waals surface area contributed by atoms with Gasteiger partial charge in [0.2, 0.25) is 0 Å². The van der Waals surface area contributed by atoms with Crippen molar-refractivity contribution >= 4 is 23.4 Å². The van der Waals surface area contributed by atoms with Crippen LogP contribution in [0, 0.1) is 11.3 Å². The van der Waals surface area contributed by atoms with E-state index in [4.69, 9.17) is 21.1 Å². The Morgan fingerprint density at radius 3 is 2.42 bits per heavy atom. The van der Waals surface area contributed by atoms with Gasteiger partial charge in [0.05, 0.1) is 24.6 Å². The minimum absolute atomic E-state index is 0.512. The number of nitrogens with zero attached hydrogens (tertiary/aromatic N) is 2. The molecule has 5 nitrogen and oxygen atoms in total. The molecule has 1 heterocycles. The number of ether oxygens (including phenoxy) is 2. The van der Waals surface area contributed by atoms with Crippen molar-refractivity contribution in [3.8, 4) is 17.6 Å². The van der Waals surface area contributed by atoms with Crippen molar-refractivity contribution in [3.05, 3.63) is 53.0 Å². The lowest BCUT2D eigenvalue weighted by Gasteiger charge is -2.28. The van der Waals surface area contributed by atoms with E-state index in [0.29, 0.717) is 30.1 Å². The molecular weight excluding hydrogens is 350 g/mol. The zero-order valence-electron chi connectivity index (χ0n) is 14.7. The first-order chi connectivity index (χ1) is 12.6. The molecule has 0 spiro atoms. The fourth-order valence-electron chi connectivity index (χ4n) is 2.79. The van der Waals surface area contributed by atoms with Gasteiger partial charge in [0, 0.05) is 17.0 Å². The monoisotopic (exact) mass is 369 g/mol. The summed E-state index contributed by atoms with van der Waals surface area (Å²) in [7, 11) is 0. The lowest BCUT2D eigenvalue weighted by atomic mass is 10.0. The second-order valence-corrected chi connectivity index (χ2v) is 6.42. The van der Waals surface area contributed by atoms with Crippen LogP contribution in [0.25, 0.3) is 6.08 Å². The second kappa shape index (κ2) is 7.67. The Morgan fingerprint density at radius 2 is 1.81 bits per heavy atom. The Kier molecular flexibility index (Phi) is 5.34. The standard InChI is InChI=1S/C20H20ClN3O2/c1-3-25-17-10-14-12-20(21,13-22)19(23-15-8-6-5-7-9-15)24-16(14)11-18(17)26-4-2/h5-12,19,23H,3-4H2,1-2H3. The molecule has 26 heavy (non-hydrogen) atoms. The van der Waals surface area contributed by atoms with E-state index in [1.165, 1.54) is 0 Å². The van der Waals surface area contributed by atoms with Gasteiger partial charge in [0.25, 0.3) is 0 Å². The van der Waals surface area contributed by atoms with Gasteiger partial charge in [0.1, 0.15) is 0 Å². The number of anilines is 1. The highest BCUT2D eigenvalue weighted by Gasteiger charge is 2.37. The number of rotatable bonds is 6. The fraction of sp³-hybridized carbons (Fsp3) is 0.300. The number of halogens is 1. The number of hydrogen-bond donors (Lipinski definition) is 1. The summed E-state index contributed by atoms with van der Waals surface area (Å²) in [5.74, 6) is 1.24. The third kappa shape index (κ3) is 3.61. The lowest BCUT2D eigenvalue weighted by Crippen LogP contribution is -2.47. The molecule has 2 atom stereocenters. The van der Waals surface area contributed by atoms with Crippen molar-refractivity contribution in [2.75, 3.05) is 18.5 Å². The Bertz CT molecular complexity index is 940. The van der Waals surface area contributed by atoms with Crippen LogP contribution in [0.15, 0.2) is 47.5 Å². The zero-order chi connectivity index (χ0) is 18.6. The van der Waals surface area contributed by atoms with Crippen LogP contribution in [-0.4, -0.2) is 24.3 Å². The first kappa shape index (κ1) is 18.1. The van der Waals surface area contributed by atoms with E-state index >= 15 is 0 Å². The van der Waals surface area contributed by atoms with Gasteiger partial charge in [-0.05, 0) is 38.1 Å². The van der Waals surface area contributed by atoms with Gasteiger partial charge < -0.3 is 14.8 Å². The highest BCUT2D eigenvalue weighted by Crippen LogP contribution is 2.29. The third-order valence-electron chi connectivity index (χ3n) is 3.97. The maximum Gasteiger partial charge on any atom is 0.190 e. The summed E-state index contributed by atoms with van der Waals surface area (Å²) >= 11 is 6.59. The Hall–Kier alpha value is -2.71. The lowest BCUT2D eigenvalue weighted by molar-refractivity contribution is 0.287. The topological polar surface area (TPSA) is 66.6 Å². The summed E-state index contributed by atoms with van der Waals surface area (Å²) < 4.78 is 11.3. The van der Waals surface area contributed by atoms with Crippen LogP contribution < -0.4 is 25.4 Å². The molecule has 0 aliphatic carbocycles. The molecule has 0 amide bonds. The summed E-state index contributed by atoms with van der Waals surface area (Å²) in [4.78, 5) is 3.37. The van der Waals surface area contributed by atoms with Crippen LogP contribution in [0.4, 0.5) is 5.69 Å². The molecule has 0 radical (unpaired) electrons. The summed E-state index contributed by atoms with van der Waals surface area (Å²) in [5.41, 5.74) is 0.842. The van der Waals surface area contributed by atoms with Gasteiger partial charge in [0.15, 0.2) is 22.5 Å². The number of para-hydroxylation sites is 1. The first-order valence-corrected chi connectivity index (χ1v) is 8.89. The molecule has 3 rings (SSSR count). The van der Waals surface area contributed by atoms with Crippen molar-refractivity contribution in [2.45, 2.75) is 24.9 Å². The minimum Gasteiger partial charge on any atom is -0.490 e. The smallest absolute Gasteiger partial charge is 0.190 e. The highest BCUT2D eigenvalue weighted by molar-refractivity contribution is 6.30. The number of hydrogen-bond acceptors (Lipinski definition) is 5. The third-order valence-corrected chi connectivity index (χ3v) is 4.37. The van der Waals surface area contributed by atoms with Crippen LogP contribution in [0.1, 0.15) is 13.8 Å². The van der Waals surface area contributed by atoms with Crippen LogP contribution >= 0.6 is 11.6 Å². The molecule has 2 aromatic rings. The summed E-state index contributed by atoms with van der Waals surface area (Å²) in [6.07, 6.45) is 1.09. The van der Waals surface area contributed by atoms with Gasteiger partial charge >= 0.3 is 0 Å². The van der Waals surface area contributed by atoms with E-state index in [1.54, 1.807) is 6.08 Å². The average molecular weight is 370 g/mol. The quantitative estimate of drug-likeness (QED) is 0.795. The van der Waals surface area contributed by atoms with Gasteiger partial charge in [-0.1, -0.05) is 29.8 Å². The van der Waals surface area contributed by atoms with Crippen LogP contribution in [-0.2, 0) is 0 Å². The van der Waals surface area contributed by atoms with E-state index in [1.807, 2.05) is 56.3 Å². The Balaban J connectivity index is 2.09. The molecule has 1 N–H and O–H groups in total. The molecule has 2 unspecified atom stereocenters. The van der Waals surface area contributed by atoms with E-state index < -0.39 is 11.0 Å². The molecule has 0 saturated heterocycles. The predicted molar refractivity (Wildman–Crippen MR) is 102 cm³/mol. The highest BCUT2D eigenvalue weighted by atomic mass is 35.5. The minimum atomic E-state index is -1.31. The van der Waals surface area contributed by atoms with Crippen molar-refractivity contribution in [1.29, 1.82) is 5.26 Å². The second-order valence-electron chi connectivity index (χ2n) is 5.79. The summed E-state index contributed by atoms with van der Waals surface area (Å²) in [6.45, 7) is 4.85. The van der Waals surface area contributed by atoms with Crippen molar-refractivity contribution < 1.29 is 9.47 Å². The fourth-order valence-corrected chi connectivity index (χ4v) is 3.01. The zero-order valence-corrected chi connectivity index (χ0v) is 15.5. The molecular formula is C20H20ClN3O2. The van der Waals surface area contributed by atoms with E-state index in [9.17, 15) is 5.26 Å². The molecule has 0 bridgehead atoms. The number of alkyl halides is 1. The Morgan fingerprint density at radius 1 is 1.15 bits per heavy atom. The predicted octanol–water partition coefficient (Wildman–Crippen LogP) is 2.84. The van der Waals surface area contributed by atoms with E-state index in [0.717, 1.165) is 10.9 Å². The van der Waals surface area contributed by atoms with Gasteiger partial charge in [-0.25, -0.2) is 0 Å². The van der Waals surface area contributed by atoms with Crippen molar-refractivity contribution in [2.24, 2.45) is 4.99 Å². The van der Waals surface area contributed by atoms with Gasteiger partial charge in [-0.3, -0.25) is 4.99 Å². The molecule has 1 aliphatic heterocycles. The van der Waals surface area contributed by atoms with Crippen molar-refractivity contribution in [1.82, 2.24) is 0 Å². The van der Waals surface area contributed by atoms with Crippen LogP contribution in [0.5, 0.6) is 11.5 Å². The molecule has 0 aromatic heterocycles. The van der Waals surface area contributed by atoms with Crippen LogP contribution in [0.2, 0.25) is 0 Å². The molecule has 6 heteroatoms. The number of fused-ring (bicyclic) bond motifs is 1. The Labute approximate surface area is 157 Å². The molecule has 0 saturated carbocycles. The molecule has 1 aliphatic rings. The van der Waals surface area contributed by atoms with Gasteiger partial charge in [-0.15, -0.1) is 0 Å². The molecule has 2 aromatic carbocycles. The normalized spacial score (nSPS) is 20.8. The first-order valence-electron chi connectivity index (χ1n) is 8.51. The maximum absolute atomic E-state index is 9.67. The maximum atomic E-state index is 9.67. The van der Waals surface area contributed by atoms with Crippen molar-refractivity contribution in [3.63, 3.8) is 0 Å². The van der Waals surface area contributed by atoms with Gasteiger partial charge in [-0.2, -0.15) is 5.26 Å². The van der Waals surface area contributed by atoms with Crippen LogP contribution in [0.3, 0.4) is 0 Å². The number of nitrogens with one attached hydrogen (secondary N) is 1. The summed E-state index contributed by atoms with van der Waals surface area (Å²) in [5, 5.41) is 14.4. The largest absolute Gasteiger partial charge is 0.490 e.